The van der Waals surface area contributed by atoms with Gasteiger partial charge in [0, 0.05) is 33.2 Å². The Morgan fingerprint density at radius 2 is 1.82 bits per heavy atom. The summed E-state index contributed by atoms with van der Waals surface area (Å²) in [6.45, 7) is 3.09. The molecule has 1 unspecified atom stereocenters. The number of fused-ring (bicyclic) bond motifs is 1. The molecule has 2 heterocycles. The molecule has 8 nitrogen and oxygen atoms in total. The highest BCUT2D eigenvalue weighted by Crippen LogP contribution is 2.14. The number of benzene rings is 2. The smallest absolute Gasteiger partial charge is 0.191 e. The van der Waals surface area contributed by atoms with E-state index in [1.165, 1.54) is 11.1 Å². The van der Waals surface area contributed by atoms with E-state index >= 15 is 0 Å². The maximum Gasteiger partial charge on any atom is 0.191 e. The molecule has 4 rings (SSSR count). The number of aryl methyl sites for hydroxylation is 1. The first kappa shape index (κ1) is 26.1. The molecule has 0 amide bonds. The zero-order valence-electron chi connectivity index (χ0n) is 19.7. The van der Waals surface area contributed by atoms with E-state index in [-0.39, 0.29) is 30.0 Å². The minimum absolute atomic E-state index is 0. The van der Waals surface area contributed by atoms with Gasteiger partial charge in [0.05, 0.1) is 19.8 Å². The maximum atomic E-state index is 5.88. The van der Waals surface area contributed by atoms with E-state index in [0.29, 0.717) is 26.4 Å². The minimum Gasteiger partial charge on any atom is -0.377 e. The molecular formula is C25H33IN6O2. The van der Waals surface area contributed by atoms with Crippen molar-refractivity contribution in [1.82, 2.24) is 25.4 Å². The van der Waals surface area contributed by atoms with Crippen molar-refractivity contribution in [2.45, 2.75) is 51.8 Å². The first-order valence-corrected chi connectivity index (χ1v) is 11.3. The number of rotatable bonds is 9. The standard InChI is InChI=1S/C25H32N6O2.HI/c1-26-25(28-22-11-12-24-29-23(18-32-2)30-31(24)15-22)27-14-20-9-6-10-21(13-20)17-33-16-19-7-4-3-5-8-19;/h3-10,13,22H,11-12,14-18H2,1-2H3,(H2,26,27,28);1H. The highest BCUT2D eigenvalue weighted by molar-refractivity contribution is 14.0. The summed E-state index contributed by atoms with van der Waals surface area (Å²) < 4.78 is 13.0. The Kier molecular flexibility index (Phi) is 10.3. The zero-order valence-corrected chi connectivity index (χ0v) is 22.1. The molecule has 1 aliphatic heterocycles. The SMILES string of the molecule is CN=C(NCc1cccc(COCc2ccccc2)c1)NC1CCc2nc(COC)nn2C1.I. The van der Waals surface area contributed by atoms with E-state index < -0.39 is 0 Å². The van der Waals surface area contributed by atoms with Gasteiger partial charge in [0.15, 0.2) is 11.8 Å². The van der Waals surface area contributed by atoms with Crippen LogP contribution in [0.1, 0.15) is 34.8 Å². The van der Waals surface area contributed by atoms with Crippen LogP contribution in [0.4, 0.5) is 0 Å². The van der Waals surface area contributed by atoms with Crippen molar-refractivity contribution < 1.29 is 9.47 Å². The van der Waals surface area contributed by atoms with Gasteiger partial charge in [-0.15, -0.1) is 24.0 Å². The first-order valence-electron chi connectivity index (χ1n) is 11.3. The van der Waals surface area contributed by atoms with Crippen molar-refractivity contribution in [2.24, 2.45) is 4.99 Å². The van der Waals surface area contributed by atoms with Crippen molar-refractivity contribution >= 4 is 29.9 Å². The van der Waals surface area contributed by atoms with Crippen LogP contribution < -0.4 is 10.6 Å². The van der Waals surface area contributed by atoms with Gasteiger partial charge >= 0.3 is 0 Å². The van der Waals surface area contributed by atoms with Crippen LogP contribution >= 0.6 is 24.0 Å². The Morgan fingerprint density at radius 1 is 1.06 bits per heavy atom. The Balaban J connectivity index is 0.00000324. The average molecular weight is 576 g/mol. The number of hydrogen-bond acceptors (Lipinski definition) is 5. The molecule has 34 heavy (non-hydrogen) atoms. The third-order valence-electron chi connectivity index (χ3n) is 5.57. The summed E-state index contributed by atoms with van der Waals surface area (Å²) in [5, 5.41) is 11.5. The van der Waals surface area contributed by atoms with Crippen molar-refractivity contribution in [1.29, 1.82) is 0 Å². The summed E-state index contributed by atoms with van der Waals surface area (Å²) >= 11 is 0. The number of nitrogens with zero attached hydrogens (tertiary/aromatic N) is 4. The largest absolute Gasteiger partial charge is 0.377 e. The Labute approximate surface area is 218 Å². The molecule has 0 bridgehead atoms. The minimum atomic E-state index is 0. The Bertz CT molecular complexity index is 1060. The number of aliphatic imine (C=N–C) groups is 1. The number of hydrogen-bond donors (Lipinski definition) is 2. The van der Waals surface area contributed by atoms with Gasteiger partial charge in [-0.3, -0.25) is 4.99 Å². The highest BCUT2D eigenvalue weighted by Gasteiger charge is 2.22. The molecule has 0 saturated carbocycles. The van der Waals surface area contributed by atoms with E-state index in [4.69, 9.17) is 9.47 Å². The summed E-state index contributed by atoms with van der Waals surface area (Å²) in [6, 6.07) is 18.9. The van der Waals surface area contributed by atoms with Crippen molar-refractivity contribution in [2.75, 3.05) is 14.2 Å². The average Bonchev–Trinajstić information content (AvgIpc) is 3.24. The lowest BCUT2D eigenvalue weighted by molar-refractivity contribution is 0.107. The predicted molar refractivity (Wildman–Crippen MR) is 143 cm³/mol. The highest BCUT2D eigenvalue weighted by atomic mass is 127. The van der Waals surface area contributed by atoms with Crippen LogP contribution in [0.3, 0.4) is 0 Å². The molecule has 0 radical (unpaired) electrons. The topological polar surface area (TPSA) is 85.6 Å². The fraction of sp³-hybridized carbons (Fsp3) is 0.400. The van der Waals surface area contributed by atoms with Gasteiger partial charge in [0.1, 0.15) is 12.4 Å². The van der Waals surface area contributed by atoms with Crippen LogP contribution in [0.25, 0.3) is 0 Å². The quantitative estimate of drug-likeness (QED) is 0.231. The number of nitrogens with one attached hydrogen (secondary N) is 2. The number of aromatic nitrogens is 3. The molecule has 2 aromatic carbocycles. The van der Waals surface area contributed by atoms with E-state index in [9.17, 15) is 0 Å². The predicted octanol–water partition coefficient (Wildman–Crippen LogP) is 3.44. The lowest BCUT2D eigenvalue weighted by atomic mass is 10.1. The Hall–Kier alpha value is -2.50. The van der Waals surface area contributed by atoms with Gasteiger partial charge in [0.25, 0.3) is 0 Å². The number of methoxy groups -OCH3 is 1. The van der Waals surface area contributed by atoms with Crippen LogP contribution in [0.2, 0.25) is 0 Å². The molecule has 1 aromatic heterocycles. The third kappa shape index (κ3) is 7.51. The second-order valence-electron chi connectivity index (χ2n) is 8.16. The van der Waals surface area contributed by atoms with Gasteiger partial charge in [0.2, 0.25) is 0 Å². The summed E-state index contributed by atoms with van der Waals surface area (Å²) in [5.74, 6) is 2.55. The van der Waals surface area contributed by atoms with E-state index in [2.05, 4.69) is 62.1 Å². The monoisotopic (exact) mass is 576 g/mol. The summed E-state index contributed by atoms with van der Waals surface area (Å²) in [5.41, 5.74) is 3.53. The van der Waals surface area contributed by atoms with Crippen LogP contribution in [0.5, 0.6) is 0 Å². The van der Waals surface area contributed by atoms with Crippen molar-refractivity contribution in [3.05, 3.63) is 82.9 Å². The van der Waals surface area contributed by atoms with Crippen LogP contribution in [-0.4, -0.2) is 40.9 Å². The molecule has 1 atom stereocenters. The van der Waals surface area contributed by atoms with E-state index in [1.807, 2.05) is 22.9 Å². The fourth-order valence-corrected chi connectivity index (χ4v) is 3.93. The normalized spacial score (nSPS) is 15.4. The first-order chi connectivity index (χ1) is 16.2. The fourth-order valence-electron chi connectivity index (χ4n) is 3.93. The Morgan fingerprint density at radius 3 is 2.62 bits per heavy atom. The number of ether oxygens (including phenoxy) is 2. The van der Waals surface area contributed by atoms with Crippen molar-refractivity contribution in [3.63, 3.8) is 0 Å². The van der Waals surface area contributed by atoms with Gasteiger partial charge in [-0.25, -0.2) is 9.67 Å². The second kappa shape index (κ2) is 13.4. The number of halogens is 1. The van der Waals surface area contributed by atoms with Crippen molar-refractivity contribution in [3.8, 4) is 0 Å². The third-order valence-corrected chi connectivity index (χ3v) is 5.57. The maximum absolute atomic E-state index is 5.88. The molecular weight excluding hydrogens is 543 g/mol. The molecule has 0 spiro atoms. The lowest BCUT2D eigenvalue weighted by Crippen LogP contribution is -2.46. The van der Waals surface area contributed by atoms with E-state index in [0.717, 1.165) is 42.6 Å². The van der Waals surface area contributed by atoms with E-state index in [1.54, 1.807) is 14.2 Å². The second-order valence-corrected chi connectivity index (χ2v) is 8.16. The summed E-state index contributed by atoms with van der Waals surface area (Å²) in [6.07, 6.45) is 1.87. The molecule has 0 saturated heterocycles. The molecule has 182 valence electrons. The van der Waals surface area contributed by atoms with Gasteiger partial charge in [-0.1, -0.05) is 54.6 Å². The van der Waals surface area contributed by atoms with Gasteiger partial charge in [-0.2, -0.15) is 5.10 Å². The molecule has 0 aliphatic carbocycles. The number of guanidine groups is 1. The van der Waals surface area contributed by atoms with Gasteiger partial charge < -0.3 is 20.1 Å². The molecule has 0 fully saturated rings. The molecule has 3 aromatic rings. The van der Waals surface area contributed by atoms with Crippen LogP contribution in [0, 0.1) is 0 Å². The van der Waals surface area contributed by atoms with Gasteiger partial charge in [-0.05, 0) is 23.1 Å². The lowest BCUT2D eigenvalue weighted by Gasteiger charge is -2.25. The molecule has 1 aliphatic rings. The molecule has 9 heteroatoms. The van der Waals surface area contributed by atoms with Crippen LogP contribution in [-0.2, 0) is 48.8 Å². The zero-order chi connectivity index (χ0) is 22.9. The van der Waals surface area contributed by atoms with Crippen LogP contribution in [0.15, 0.2) is 59.6 Å². The summed E-state index contributed by atoms with van der Waals surface area (Å²) in [4.78, 5) is 8.94. The molecule has 2 N–H and O–H groups in total. The summed E-state index contributed by atoms with van der Waals surface area (Å²) in [7, 11) is 3.46.